The van der Waals surface area contributed by atoms with Crippen molar-refractivity contribution in [2.45, 2.75) is 0 Å². The van der Waals surface area contributed by atoms with Crippen LogP contribution >= 0.6 is 0 Å². The number of nitriles is 1. The van der Waals surface area contributed by atoms with Gasteiger partial charge in [0.15, 0.2) is 0 Å². The van der Waals surface area contributed by atoms with E-state index < -0.39 is 0 Å². The number of rotatable bonds is 0. The summed E-state index contributed by atoms with van der Waals surface area (Å²) in [4.78, 5) is 30.0. The van der Waals surface area contributed by atoms with Crippen LogP contribution in [0.2, 0.25) is 0 Å². The number of hydrogen-bond acceptors (Lipinski definition) is 5. The second-order valence-electron chi connectivity index (χ2n) is 0.333. The second kappa shape index (κ2) is 3370. The summed E-state index contributed by atoms with van der Waals surface area (Å²) in [6, 6.07) is 1.69. The largest absolute Gasteiger partial charge is 0.281 e. The van der Waals surface area contributed by atoms with Crippen LogP contribution in [0.25, 0.3) is 0 Å². The number of carbonyl (C=O) groups excluding carboxylic acids is 4. The van der Waals surface area contributed by atoms with Crippen LogP contribution in [0.4, 0.5) is 0 Å². The molecule has 13 heavy (non-hydrogen) atoms. The molecule has 0 N–H and O–H groups in total. The molecule has 0 aromatic rings. The van der Waals surface area contributed by atoms with E-state index in [1.807, 2.05) is 0 Å². The topological polar surface area (TPSA) is 92.1 Å². The van der Waals surface area contributed by atoms with Crippen LogP contribution in [-0.2, 0) is 38.7 Å². The molecule has 0 saturated heterocycles. The summed E-state index contributed by atoms with van der Waals surface area (Å²) in [7, 11) is 0. The van der Waals surface area contributed by atoms with Crippen LogP contribution in [0, 0.1) is 11.3 Å². The molecule has 0 unspecified atom stereocenters. The summed E-state index contributed by atoms with van der Waals surface area (Å²) in [5, 5.41) is 7.51. The van der Waals surface area contributed by atoms with Crippen LogP contribution < -0.4 is 0 Å². The molecule has 0 saturated carbocycles. The van der Waals surface area contributed by atoms with E-state index in [0.717, 1.165) is 0 Å². The number of hydrogen-bond donors (Lipinski definition) is 0. The third-order valence-corrected chi connectivity index (χ3v) is 0.0913. The van der Waals surface area contributed by atoms with Gasteiger partial charge in [-0.25, -0.2) is 0 Å². The van der Waals surface area contributed by atoms with Gasteiger partial charge in [0.1, 0.15) is 0 Å². The molecule has 0 fully saturated rings. The molecule has 0 aromatic heterocycles. The van der Waals surface area contributed by atoms with Crippen LogP contribution in [-0.4, -0.2) is 27.2 Å². The summed E-state index contributed by atoms with van der Waals surface area (Å²) in [5.74, 6) is 0. The first kappa shape index (κ1) is 41.8. The third-order valence-electron chi connectivity index (χ3n) is 0.0913. The second-order valence-corrected chi connectivity index (χ2v) is 0.333. The van der Waals surface area contributed by atoms with Gasteiger partial charge in [-0.3, -0.25) is 19.2 Å². The zero-order valence-corrected chi connectivity index (χ0v) is 7.96. The van der Waals surface area contributed by atoms with Gasteiger partial charge >= 0.3 is 0 Å². The normalized spacial score (nSPS) is 2.38. The van der Waals surface area contributed by atoms with Crippen molar-refractivity contribution in [1.82, 2.24) is 0 Å². The molecule has 0 aromatic carbocycles. The van der Waals surface area contributed by atoms with E-state index in [9.17, 15) is 0 Å². The zero-order chi connectivity index (χ0) is 11.4. The van der Waals surface area contributed by atoms with E-state index in [4.69, 9.17) is 24.4 Å². The van der Waals surface area contributed by atoms with Crippen molar-refractivity contribution in [3.63, 3.8) is 0 Å². The molecule has 0 bridgehead atoms. The monoisotopic (exact) mass is 267 g/mol. The van der Waals surface area contributed by atoms with E-state index in [-0.39, 0.29) is 19.5 Å². The van der Waals surface area contributed by atoms with Gasteiger partial charge in [0.2, 0.25) is 0 Å². The fourth-order valence-corrected chi connectivity index (χ4v) is 0. The molecule has 0 aliphatic heterocycles. The first-order valence-corrected chi connectivity index (χ1v) is 1.74. The average molecular weight is 266 g/mol. The van der Waals surface area contributed by atoms with Crippen LogP contribution in [0.15, 0.2) is 12.7 Å². The van der Waals surface area contributed by atoms with Crippen LogP contribution in [0.3, 0.4) is 0 Å². The van der Waals surface area contributed by atoms with Crippen molar-refractivity contribution < 1.29 is 38.7 Å². The van der Waals surface area contributed by atoms with Gasteiger partial charge in [0, 0.05) is 25.6 Å². The standard InChI is InChI=1S/C3H3N.4CO.Ru/c1-2-3-4;4*1-2;/h2H,1H2;;;;;. The molecular formula is C7H3NO4Ru. The molecule has 5 nitrogen and oxygen atoms in total. The van der Waals surface area contributed by atoms with Crippen molar-refractivity contribution in [1.29, 1.82) is 5.26 Å². The molecule has 0 rings (SSSR count). The molecule has 0 spiro atoms. The third kappa shape index (κ3) is 3520. The maximum Gasteiger partial charge on any atom is 0.281 e. The van der Waals surface area contributed by atoms with Crippen molar-refractivity contribution in [2.75, 3.05) is 0 Å². The van der Waals surface area contributed by atoms with Gasteiger partial charge < -0.3 is 0 Å². The summed E-state index contributed by atoms with van der Waals surface area (Å²) < 4.78 is 0. The summed E-state index contributed by atoms with van der Waals surface area (Å²) >= 11 is 0. The Hall–Kier alpha value is -1.47. The Morgan fingerprint density at radius 3 is 1.00 bits per heavy atom. The predicted octanol–water partition coefficient (Wildman–Crippen LogP) is -0.895. The molecule has 68 valence electrons. The minimum atomic E-state index is 0. The van der Waals surface area contributed by atoms with E-state index in [1.54, 1.807) is 6.07 Å². The summed E-state index contributed by atoms with van der Waals surface area (Å²) in [6.45, 7) is 21.1. The molecule has 0 aliphatic carbocycles. The van der Waals surface area contributed by atoms with Gasteiger partial charge in [-0.2, -0.15) is 5.26 Å². The van der Waals surface area contributed by atoms with Crippen molar-refractivity contribution in [2.24, 2.45) is 0 Å². The SMILES string of the molecule is C=CC#N.[C]=O.[C]=O.[C]=O.[C]=O.[Ru]. The molecular weight excluding hydrogens is 263 g/mol. The molecule has 0 amide bonds. The molecule has 0 heterocycles. The Morgan fingerprint density at radius 2 is 1.00 bits per heavy atom. The summed E-state index contributed by atoms with van der Waals surface area (Å²) in [6.07, 6.45) is 1.18. The van der Waals surface area contributed by atoms with E-state index in [1.165, 1.54) is 6.08 Å². The zero-order valence-electron chi connectivity index (χ0n) is 6.22. The average Bonchev–Trinajstić information content (AvgIpc) is 2.29. The molecule has 8 radical (unpaired) electrons. The maximum absolute atomic E-state index is 7.51. The van der Waals surface area contributed by atoms with Gasteiger partial charge in [-0.15, -0.1) is 0 Å². The Labute approximate surface area is 90.2 Å². The van der Waals surface area contributed by atoms with Gasteiger partial charge in [-0.1, -0.05) is 6.58 Å². The maximum atomic E-state index is 7.51. The van der Waals surface area contributed by atoms with E-state index in [0.29, 0.717) is 0 Å². The van der Waals surface area contributed by atoms with Crippen molar-refractivity contribution >= 4 is 27.2 Å². The first-order chi connectivity index (χ1) is 5.91. The summed E-state index contributed by atoms with van der Waals surface area (Å²) in [5.41, 5.74) is 0. The fraction of sp³-hybridized carbons (Fsp3) is 0. The van der Waals surface area contributed by atoms with Crippen LogP contribution in [0.1, 0.15) is 0 Å². The van der Waals surface area contributed by atoms with Gasteiger partial charge in [0.05, 0.1) is 6.07 Å². The Kier molecular flexibility index (Phi) is 10800. The predicted molar refractivity (Wildman–Crippen MR) is 38.6 cm³/mol. The fourth-order valence-electron chi connectivity index (χ4n) is 0. The van der Waals surface area contributed by atoms with Crippen molar-refractivity contribution in [3.8, 4) is 6.07 Å². The Bertz CT molecular complexity index is 97.2. The van der Waals surface area contributed by atoms with Gasteiger partial charge in [-0.05, 0) is 0 Å². The number of nitrogens with zero attached hydrogens (tertiary/aromatic N) is 1. The molecule has 6 heteroatoms. The number of allylic oxidation sites excluding steroid dienone is 1. The molecule has 0 atom stereocenters. The quantitative estimate of drug-likeness (QED) is 0.418. The Morgan fingerprint density at radius 1 is 0.923 bits per heavy atom. The first-order valence-electron chi connectivity index (χ1n) is 1.74. The van der Waals surface area contributed by atoms with Crippen molar-refractivity contribution in [3.05, 3.63) is 12.7 Å². The van der Waals surface area contributed by atoms with E-state index in [2.05, 4.69) is 33.7 Å². The van der Waals surface area contributed by atoms with E-state index >= 15 is 0 Å². The minimum Gasteiger partial charge on any atom is -0.281 e. The smallest absolute Gasteiger partial charge is 0.281 e. The Balaban J connectivity index is -0.0000000122. The van der Waals surface area contributed by atoms with Gasteiger partial charge in [0.25, 0.3) is 27.2 Å². The molecule has 0 aliphatic rings. The van der Waals surface area contributed by atoms with Crippen LogP contribution in [0.5, 0.6) is 0 Å². The minimum absolute atomic E-state index is 0.